The molecular weight excluding hydrogens is 569 g/mol. The molecule has 7 nitrogen and oxygen atoms in total. The third-order valence-corrected chi connectivity index (χ3v) is 7.15. The lowest BCUT2D eigenvalue weighted by atomic mass is 10.0. The summed E-state index contributed by atoms with van der Waals surface area (Å²) in [4.78, 5) is 25.0. The molecule has 11 heteroatoms. The number of aromatic nitrogens is 1. The number of benzene rings is 3. The van der Waals surface area contributed by atoms with Crippen molar-refractivity contribution in [3.8, 4) is 0 Å². The molecule has 4 rings (SSSR count). The summed E-state index contributed by atoms with van der Waals surface area (Å²) in [5.41, 5.74) is 2.84. The van der Waals surface area contributed by atoms with Crippen molar-refractivity contribution in [2.45, 2.75) is 32.7 Å². The number of allylic oxidation sites excluding steroid dienone is 1. The zero-order valence-corrected chi connectivity index (χ0v) is 23.9. The summed E-state index contributed by atoms with van der Waals surface area (Å²) in [6.45, 7) is 3.50. The number of fused-ring (bicyclic) bond motifs is 1. The lowest BCUT2D eigenvalue weighted by Gasteiger charge is -2.13. The monoisotopic (exact) mass is 598 g/mol. The summed E-state index contributed by atoms with van der Waals surface area (Å²) >= 11 is 0. The molecule has 4 aromatic rings. The van der Waals surface area contributed by atoms with Gasteiger partial charge in [0.05, 0.1) is 17.9 Å². The standard InChI is InChI=1S/C31H29F3N2O5S/c1-20-6-10-24(11-7-20)30(38)27-18-36(28-15-14-25(17-26(27)28)31(32,33)34)16-4-5-22-8-12-23(13-9-22)21(2)41-19-29(37)35-42(3,39)40/h4-15,17-18,21H,16,19H2,1-3H3,(H,35,37)/t21-/m1/s1. The number of alkyl halides is 3. The van der Waals surface area contributed by atoms with Crippen molar-refractivity contribution in [3.05, 3.63) is 112 Å². The summed E-state index contributed by atoms with van der Waals surface area (Å²) in [5.74, 6) is -1.12. The van der Waals surface area contributed by atoms with Gasteiger partial charge in [0.25, 0.3) is 5.91 Å². The van der Waals surface area contributed by atoms with Gasteiger partial charge in [0.2, 0.25) is 10.0 Å². The molecule has 0 aliphatic heterocycles. The maximum Gasteiger partial charge on any atom is 0.416 e. The zero-order valence-electron chi connectivity index (χ0n) is 23.1. The Balaban J connectivity index is 1.51. The van der Waals surface area contributed by atoms with Gasteiger partial charge in [-0.25, -0.2) is 8.42 Å². The summed E-state index contributed by atoms with van der Waals surface area (Å²) < 4.78 is 71.7. The second-order valence-electron chi connectivity index (χ2n) is 9.94. The number of carbonyl (C=O) groups excluding carboxylic acids is 2. The Morgan fingerprint density at radius 3 is 2.31 bits per heavy atom. The molecule has 0 bridgehead atoms. The fourth-order valence-electron chi connectivity index (χ4n) is 4.38. The van der Waals surface area contributed by atoms with E-state index in [1.165, 1.54) is 6.07 Å². The Kier molecular flexibility index (Phi) is 9.03. The number of aryl methyl sites for hydroxylation is 1. The molecule has 0 unspecified atom stereocenters. The molecule has 220 valence electrons. The molecule has 42 heavy (non-hydrogen) atoms. The van der Waals surface area contributed by atoms with E-state index in [9.17, 15) is 31.2 Å². The normalized spacial score (nSPS) is 13.0. The number of ketones is 1. The Morgan fingerprint density at radius 2 is 1.69 bits per heavy atom. The minimum Gasteiger partial charge on any atom is -0.364 e. The number of amides is 1. The topological polar surface area (TPSA) is 94.5 Å². The molecule has 0 saturated heterocycles. The number of carbonyl (C=O) groups is 2. The number of sulfonamides is 1. The van der Waals surface area contributed by atoms with E-state index >= 15 is 0 Å². The van der Waals surface area contributed by atoms with Gasteiger partial charge in [-0.15, -0.1) is 0 Å². The van der Waals surface area contributed by atoms with Gasteiger partial charge in [0, 0.05) is 34.8 Å². The van der Waals surface area contributed by atoms with Crippen molar-refractivity contribution >= 4 is 38.7 Å². The predicted molar refractivity (Wildman–Crippen MR) is 154 cm³/mol. The van der Waals surface area contributed by atoms with Crippen molar-refractivity contribution in [1.29, 1.82) is 0 Å². The summed E-state index contributed by atoms with van der Waals surface area (Å²) in [6.07, 6.45) is 1.13. The molecule has 1 atom stereocenters. The SMILES string of the molecule is Cc1ccc(C(=O)c2cn(CC=Cc3ccc([C@@H](C)OCC(=O)NS(C)(=O)=O)cc3)c3ccc(C(F)(F)F)cc23)cc1. The van der Waals surface area contributed by atoms with Crippen LogP contribution in [0.2, 0.25) is 0 Å². The van der Waals surface area contributed by atoms with Crippen LogP contribution in [0.3, 0.4) is 0 Å². The minimum absolute atomic E-state index is 0.192. The smallest absolute Gasteiger partial charge is 0.364 e. The molecule has 1 aromatic heterocycles. The molecule has 1 heterocycles. The summed E-state index contributed by atoms with van der Waals surface area (Å²) in [7, 11) is -3.66. The highest BCUT2D eigenvalue weighted by atomic mass is 32.2. The van der Waals surface area contributed by atoms with E-state index in [0.29, 0.717) is 17.6 Å². The van der Waals surface area contributed by atoms with Gasteiger partial charge in [-0.05, 0) is 43.2 Å². The zero-order chi connectivity index (χ0) is 30.7. The van der Waals surface area contributed by atoms with Gasteiger partial charge < -0.3 is 9.30 Å². The summed E-state index contributed by atoms with van der Waals surface area (Å²) in [5, 5.41) is 0.229. The number of ether oxygens (including phenoxy) is 1. The largest absolute Gasteiger partial charge is 0.416 e. The number of nitrogens with zero attached hydrogens (tertiary/aromatic N) is 1. The van der Waals surface area contributed by atoms with Crippen LogP contribution in [-0.4, -0.2) is 37.5 Å². The van der Waals surface area contributed by atoms with E-state index in [1.54, 1.807) is 54.1 Å². The number of halogens is 3. The highest BCUT2D eigenvalue weighted by Crippen LogP contribution is 2.34. The Morgan fingerprint density at radius 1 is 1.02 bits per heavy atom. The van der Waals surface area contributed by atoms with Crippen LogP contribution in [-0.2, 0) is 32.3 Å². The van der Waals surface area contributed by atoms with E-state index in [1.807, 2.05) is 35.9 Å². The maximum absolute atomic E-state index is 13.5. The van der Waals surface area contributed by atoms with Crippen molar-refractivity contribution in [1.82, 2.24) is 9.29 Å². The van der Waals surface area contributed by atoms with Gasteiger partial charge in [-0.3, -0.25) is 14.3 Å². The third kappa shape index (κ3) is 7.74. The predicted octanol–water partition coefficient (Wildman–Crippen LogP) is 6.07. The van der Waals surface area contributed by atoms with Gasteiger partial charge in [0.1, 0.15) is 6.61 Å². The van der Waals surface area contributed by atoms with Crippen LogP contribution in [0.5, 0.6) is 0 Å². The molecule has 1 N–H and O–H groups in total. The van der Waals surface area contributed by atoms with E-state index in [0.717, 1.165) is 35.1 Å². The molecule has 0 saturated carbocycles. The van der Waals surface area contributed by atoms with Crippen molar-refractivity contribution in [2.24, 2.45) is 0 Å². The average Bonchev–Trinajstić information content (AvgIpc) is 3.28. The Labute approximate surface area is 241 Å². The van der Waals surface area contributed by atoms with Crippen LogP contribution < -0.4 is 4.72 Å². The van der Waals surface area contributed by atoms with Crippen LogP contribution in [0.1, 0.15) is 51.2 Å². The molecule has 3 aromatic carbocycles. The highest BCUT2D eigenvalue weighted by Gasteiger charge is 2.31. The van der Waals surface area contributed by atoms with Crippen molar-refractivity contribution in [2.75, 3.05) is 12.9 Å². The second kappa shape index (κ2) is 12.3. The molecule has 0 aliphatic carbocycles. The maximum atomic E-state index is 13.5. The number of nitrogens with one attached hydrogen (secondary N) is 1. The van der Waals surface area contributed by atoms with Crippen LogP contribution >= 0.6 is 0 Å². The lowest BCUT2D eigenvalue weighted by molar-refractivity contribution is -0.137. The third-order valence-electron chi connectivity index (χ3n) is 6.55. The number of hydrogen-bond acceptors (Lipinski definition) is 5. The number of hydrogen-bond donors (Lipinski definition) is 1. The fraction of sp³-hybridized carbons (Fsp3) is 0.226. The first-order chi connectivity index (χ1) is 19.7. The Hall–Kier alpha value is -4.22. The van der Waals surface area contributed by atoms with Crippen LogP contribution in [0.25, 0.3) is 17.0 Å². The molecular formula is C31H29F3N2O5S. The van der Waals surface area contributed by atoms with Gasteiger partial charge >= 0.3 is 6.18 Å². The van der Waals surface area contributed by atoms with Gasteiger partial charge in [0.15, 0.2) is 5.78 Å². The number of rotatable bonds is 10. The van der Waals surface area contributed by atoms with Crippen LogP contribution in [0.4, 0.5) is 13.2 Å². The molecule has 0 spiro atoms. The molecule has 1 amide bonds. The minimum atomic E-state index is -4.54. The van der Waals surface area contributed by atoms with Crippen LogP contribution in [0.15, 0.2) is 79.0 Å². The van der Waals surface area contributed by atoms with E-state index in [4.69, 9.17) is 4.74 Å². The lowest BCUT2D eigenvalue weighted by Crippen LogP contribution is -2.32. The average molecular weight is 599 g/mol. The quantitative estimate of drug-likeness (QED) is 0.224. The second-order valence-corrected chi connectivity index (χ2v) is 11.7. The first-order valence-corrected chi connectivity index (χ1v) is 14.8. The highest BCUT2D eigenvalue weighted by molar-refractivity contribution is 7.89. The molecule has 0 fully saturated rings. The fourth-order valence-corrected chi connectivity index (χ4v) is 4.85. The van der Waals surface area contributed by atoms with E-state index < -0.39 is 40.4 Å². The van der Waals surface area contributed by atoms with Gasteiger partial charge in [-0.1, -0.05) is 66.2 Å². The molecule has 0 radical (unpaired) electrons. The molecule has 0 aliphatic rings. The van der Waals surface area contributed by atoms with Crippen LogP contribution in [0, 0.1) is 6.92 Å². The Bertz CT molecular complexity index is 1740. The van der Waals surface area contributed by atoms with Crippen molar-refractivity contribution < 1.29 is 35.9 Å². The summed E-state index contributed by atoms with van der Waals surface area (Å²) in [6, 6.07) is 17.6. The first-order valence-electron chi connectivity index (χ1n) is 12.9. The van der Waals surface area contributed by atoms with E-state index in [2.05, 4.69) is 0 Å². The van der Waals surface area contributed by atoms with E-state index in [-0.39, 0.29) is 16.7 Å². The van der Waals surface area contributed by atoms with Gasteiger partial charge in [-0.2, -0.15) is 13.2 Å². The first kappa shape index (κ1) is 30.7. The van der Waals surface area contributed by atoms with Crippen molar-refractivity contribution in [3.63, 3.8) is 0 Å².